The molecule has 1 aliphatic rings. The smallest absolute Gasteiger partial charge is 0.254 e. The first-order chi connectivity index (χ1) is 8.24. The Balaban J connectivity index is 2.09. The van der Waals surface area contributed by atoms with Crippen LogP contribution in [0.5, 0.6) is 0 Å². The summed E-state index contributed by atoms with van der Waals surface area (Å²) < 4.78 is 5.23. The van der Waals surface area contributed by atoms with Crippen LogP contribution in [0.1, 0.15) is 16.8 Å². The van der Waals surface area contributed by atoms with E-state index in [0.717, 1.165) is 13.0 Å². The molecule has 1 aromatic rings. The van der Waals surface area contributed by atoms with Gasteiger partial charge in [-0.15, -0.1) is 0 Å². The predicted molar refractivity (Wildman–Crippen MR) is 63.4 cm³/mol. The van der Waals surface area contributed by atoms with Crippen LogP contribution in [0, 0.1) is 0 Å². The van der Waals surface area contributed by atoms with Crippen molar-refractivity contribution in [1.29, 1.82) is 0 Å². The monoisotopic (exact) mass is 236 g/mol. The number of carbonyl (C=O) groups excluding carboxylic acids is 1. The summed E-state index contributed by atoms with van der Waals surface area (Å²) >= 11 is 0. The van der Waals surface area contributed by atoms with Crippen LogP contribution in [-0.4, -0.2) is 42.1 Å². The largest absolute Gasteiger partial charge is 0.380 e. The number of anilines is 1. The second-order valence-electron chi connectivity index (χ2n) is 3.97. The lowest BCUT2D eigenvalue weighted by Gasteiger charge is -2.16. The number of nitrogens with one attached hydrogen (secondary N) is 1. The summed E-state index contributed by atoms with van der Waals surface area (Å²) in [5.74, 6) is 5.73. The third-order valence-corrected chi connectivity index (χ3v) is 2.92. The number of rotatable bonds is 3. The van der Waals surface area contributed by atoms with Crippen LogP contribution in [0.15, 0.2) is 18.3 Å². The maximum atomic E-state index is 12.2. The highest BCUT2D eigenvalue weighted by atomic mass is 16.5. The maximum Gasteiger partial charge on any atom is 0.254 e. The number of pyridine rings is 1. The summed E-state index contributed by atoms with van der Waals surface area (Å²) in [4.78, 5) is 17.9. The molecule has 17 heavy (non-hydrogen) atoms. The van der Waals surface area contributed by atoms with Crippen molar-refractivity contribution in [1.82, 2.24) is 9.88 Å². The van der Waals surface area contributed by atoms with Gasteiger partial charge in [0.2, 0.25) is 0 Å². The Morgan fingerprint density at radius 1 is 1.71 bits per heavy atom. The van der Waals surface area contributed by atoms with Crippen molar-refractivity contribution >= 4 is 11.7 Å². The summed E-state index contributed by atoms with van der Waals surface area (Å²) in [5.41, 5.74) is 3.01. The molecule has 0 radical (unpaired) electrons. The van der Waals surface area contributed by atoms with Gasteiger partial charge in [0, 0.05) is 32.0 Å². The highest BCUT2D eigenvalue weighted by Crippen LogP contribution is 2.16. The second kappa shape index (κ2) is 5.11. The molecule has 2 heterocycles. The molecule has 6 heteroatoms. The van der Waals surface area contributed by atoms with Crippen LogP contribution in [0.25, 0.3) is 0 Å². The molecule has 1 amide bonds. The first kappa shape index (κ1) is 11.8. The van der Waals surface area contributed by atoms with Crippen molar-refractivity contribution in [3.05, 3.63) is 23.9 Å². The molecule has 0 aromatic carbocycles. The van der Waals surface area contributed by atoms with E-state index in [1.165, 1.54) is 0 Å². The topological polar surface area (TPSA) is 80.5 Å². The van der Waals surface area contributed by atoms with Crippen molar-refractivity contribution in [2.24, 2.45) is 5.84 Å². The number of nitrogen functional groups attached to an aromatic ring is 1. The Morgan fingerprint density at radius 2 is 2.53 bits per heavy atom. The molecule has 92 valence electrons. The molecule has 0 bridgehead atoms. The van der Waals surface area contributed by atoms with E-state index in [2.05, 4.69) is 10.4 Å². The van der Waals surface area contributed by atoms with E-state index >= 15 is 0 Å². The molecule has 0 aliphatic carbocycles. The Morgan fingerprint density at radius 3 is 3.18 bits per heavy atom. The summed E-state index contributed by atoms with van der Waals surface area (Å²) in [6, 6.07) is 3.33. The molecule has 1 unspecified atom stereocenters. The summed E-state index contributed by atoms with van der Waals surface area (Å²) in [5, 5.41) is 0. The zero-order chi connectivity index (χ0) is 12.3. The van der Waals surface area contributed by atoms with Gasteiger partial charge in [0.25, 0.3) is 5.91 Å². The van der Waals surface area contributed by atoms with Gasteiger partial charge in [0.05, 0.1) is 6.10 Å². The van der Waals surface area contributed by atoms with E-state index in [1.54, 1.807) is 30.3 Å². The van der Waals surface area contributed by atoms with Gasteiger partial charge in [-0.25, -0.2) is 10.8 Å². The molecule has 1 aliphatic heterocycles. The second-order valence-corrected chi connectivity index (χ2v) is 3.97. The van der Waals surface area contributed by atoms with Crippen LogP contribution in [-0.2, 0) is 4.74 Å². The van der Waals surface area contributed by atoms with Crippen molar-refractivity contribution in [2.45, 2.75) is 12.5 Å². The van der Waals surface area contributed by atoms with E-state index < -0.39 is 0 Å². The van der Waals surface area contributed by atoms with Gasteiger partial charge in [0.1, 0.15) is 5.82 Å². The number of methoxy groups -OCH3 is 1. The number of nitrogens with zero attached hydrogens (tertiary/aromatic N) is 2. The SMILES string of the molecule is COC1CCN(C(=O)c2ccnc(NN)c2)C1. The normalized spacial score (nSPS) is 19.4. The zero-order valence-electron chi connectivity index (χ0n) is 9.72. The van der Waals surface area contributed by atoms with Gasteiger partial charge in [-0.05, 0) is 18.6 Å². The van der Waals surface area contributed by atoms with Gasteiger partial charge in [-0.1, -0.05) is 0 Å². The summed E-state index contributed by atoms with van der Waals surface area (Å²) in [6.45, 7) is 1.37. The molecule has 0 spiro atoms. The lowest BCUT2D eigenvalue weighted by atomic mass is 10.2. The summed E-state index contributed by atoms with van der Waals surface area (Å²) in [7, 11) is 1.67. The van der Waals surface area contributed by atoms with Crippen LogP contribution in [0.3, 0.4) is 0 Å². The fourth-order valence-electron chi connectivity index (χ4n) is 1.93. The highest BCUT2D eigenvalue weighted by molar-refractivity contribution is 5.95. The molecule has 6 nitrogen and oxygen atoms in total. The fraction of sp³-hybridized carbons (Fsp3) is 0.455. The Kier molecular flexibility index (Phi) is 3.55. The van der Waals surface area contributed by atoms with Crippen LogP contribution < -0.4 is 11.3 Å². The van der Waals surface area contributed by atoms with Crippen molar-refractivity contribution in [2.75, 3.05) is 25.6 Å². The van der Waals surface area contributed by atoms with Gasteiger partial charge in [-0.2, -0.15) is 0 Å². The highest BCUT2D eigenvalue weighted by Gasteiger charge is 2.26. The minimum Gasteiger partial charge on any atom is -0.380 e. The van der Waals surface area contributed by atoms with E-state index in [1.807, 2.05) is 0 Å². The molecule has 1 atom stereocenters. The molecule has 1 aromatic heterocycles. The van der Waals surface area contributed by atoms with Gasteiger partial charge < -0.3 is 15.1 Å². The van der Waals surface area contributed by atoms with Gasteiger partial charge >= 0.3 is 0 Å². The van der Waals surface area contributed by atoms with E-state index in [0.29, 0.717) is 17.9 Å². The van der Waals surface area contributed by atoms with E-state index in [-0.39, 0.29) is 12.0 Å². The molecule has 0 saturated carbocycles. The number of carbonyl (C=O) groups is 1. The zero-order valence-corrected chi connectivity index (χ0v) is 9.72. The average molecular weight is 236 g/mol. The van der Waals surface area contributed by atoms with Gasteiger partial charge in [-0.3, -0.25) is 4.79 Å². The van der Waals surface area contributed by atoms with Crippen LogP contribution in [0.2, 0.25) is 0 Å². The Bertz CT molecular complexity index is 410. The first-order valence-corrected chi connectivity index (χ1v) is 5.49. The minimum atomic E-state index is -0.0107. The maximum absolute atomic E-state index is 12.2. The first-order valence-electron chi connectivity index (χ1n) is 5.49. The van der Waals surface area contributed by atoms with Crippen molar-refractivity contribution in [3.63, 3.8) is 0 Å². The number of ether oxygens (including phenoxy) is 1. The third kappa shape index (κ3) is 2.54. The number of nitrogens with two attached hydrogens (primary N) is 1. The van der Waals surface area contributed by atoms with Gasteiger partial charge in [0.15, 0.2) is 0 Å². The average Bonchev–Trinajstić information content (AvgIpc) is 2.86. The van der Waals surface area contributed by atoms with Crippen LogP contribution in [0.4, 0.5) is 5.82 Å². The lowest BCUT2D eigenvalue weighted by Crippen LogP contribution is -2.30. The minimum absolute atomic E-state index is 0.0107. The van der Waals surface area contributed by atoms with Crippen molar-refractivity contribution in [3.8, 4) is 0 Å². The third-order valence-electron chi connectivity index (χ3n) is 2.92. The fourth-order valence-corrected chi connectivity index (χ4v) is 1.93. The standard InChI is InChI=1S/C11H16N4O2/c1-17-9-3-5-15(7-9)11(16)8-2-4-13-10(6-8)14-12/h2,4,6,9H,3,5,7,12H2,1H3,(H,13,14). The molecular formula is C11H16N4O2. The number of hydrogen-bond donors (Lipinski definition) is 2. The molecular weight excluding hydrogens is 220 g/mol. The van der Waals surface area contributed by atoms with Crippen molar-refractivity contribution < 1.29 is 9.53 Å². The number of hydrazine groups is 1. The lowest BCUT2D eigenvalue weighted by molar-refractivity contribution is 0.0724. The molecule has 3 N–H and O–H groups in total. The Hall–Kier alpha value is -1.66. The number of aromatic nitrogens is 1. The Labute approximate surface area is 99.7 Å². The van der Waals surface area contributed by atoms with Crippen LogP contribution >= 0.6 is 0 Å². The molecule has 1 fully saturated rings. The number of likely N-dealkylation sites (tertiary alicyclic amines) is 1. The van der Waals surface area contributed by atoms with E-state index in [4.69, 9.17) is 10.6 Å². The predicted octanol–water partition coefficient (Wildman–Crippen LogP) is 0.228. The molecule has 2 rings (SSSR count). The number of hydrogen-bond acceptors (Lipinski definition) is 5. The quantitative estimate of drug-likeness (QED) is 0.580. The van der Waals surface area contributed by atoms with E-state index in [9.17, 15) is 4.79 Å². The summed E-state index contributed by atoms with van der Waals surface area (Å²) in [6.07, 6.45) is 2.59. The molecule has 1 saturated heterocycles. The number of amides is 1.